The van der Waals surface area contributed by atoms with Crippen molar-refractivity contribution in [3.8, 4) is 0 Å². The Labute approximate surface area is 102 Å². The number of aromatic amines is 1. The minimum atomic E-state index is 0.688. The first kappa shape index (κ1) is 10.6. The fourth-order valence-electron chi connectivity index (χ4n) is 3.08. The van der Waals surface area contributed by atoms with Crippen LogP contribution in [0.1, 0.15) is 36.1 Å². The maximum absolute atomic E-state index is 4.10. The molecule has 0 fully saturated rings. The van der Waals surface area contributed by atoms with Crippen molar-refractivity contribution >= 4 is 0 Å². The van der Waals surface area contributed by atoms with Crippen LogP contribution >= 0.6 is 0 Å². The molecule has 1 aromatic heterocycles. The molecule has 0 bridgehead atoms. The van der Waals surface area contributed by atoms with Crippen LogP contribution in [-0.4, -0.2) is 9.97 Å². The van der Waals surface area contributed by atoms with Crippen LogP contribution < -0.4 is 0 Å². The topological polar surface area (TPSA) is 28.7 Å². The minimum Gasteiger partial charge on any atom is -0.348 e. The Hall–Kier alpha value is -1.57. The summed E-state index contributed by atoms with van der Waals surface area (Å²) >= 11 is 0. The van der Waals surface area contributed by atoms with Crippen molar-refractivity contribution in [2.75, 3.05) is 0 Å². The summed E-state index contributed by atoms with van der Waals surface area (Å²) in [5, 5.41) is 0. The number of nitrogens with one attached hydrogen (secondary N) is 1. The first-order valence-electron chi connectivity index (χ1n) is 6.38. The van der Waals surface area contributed by atoms with Crippen LogP contribution in [0.25, 0.3) is 0 Å². The molecule has 3 rings (SSSR count). The molecule has 0 spiro atoms. The lowest BCUT2D eigenvalue weighted by atomic mass is 9.76. The van der Waals surface area contributed by atoms with Gasteiger partial charge in [0.15, 0.2) is 0 Å². The van der Waals surface area contributed by atoms with E-state index in [2.05, 4.69) is 41.2 Å². The van der Waals surface area contributed by atoms with E-state index in [1.165, 1.54) is 24.1 Å². The van der Waals surface area contributed by atoms with Crippen molar-refractivity contribution in [1.29, 1.82) is 0 Å². The second kappa shape index (κ2) is 4.36. The van der Waals surface area contributed by atoms with Gasteiger partial charge in [-0.1, -0.05) is 31.2 Å². The van der Waals surface area contributed by atoms with Crippen LogP contribution in [0.4, 0.5) is 0 Å². The first-order valence-corrected chi connectivity index (χ1v) is 6.38. The summed E-state index contributed by atoms with van der Waals surface area (Å²) in [7, 11) is 0. The molecule has 2 aromatic rings. The Morgan fingerprint density at radius 2 is 2.24 bits per heavy atom. The van der Waals surface area contributed by atoms with Gasteiger partial charge in [-0.15, -0.1) is 0 Å². The number of nitrogens with zero attached hydrogens (tertiary/aromatic N) is 1. The standard InChI is InChI=1S/C15H18N2/c1-11-6-12(8-14-9-16-10-17-14)7-13-4-2-3-5-15(11)13/h2-5,9-12H,6-8H2,1H3,(H,16,17)/t11-,12-/m0/s1. The number of H-pyrrole nitrogens is 1. The SMILES string of the molecule is C[C@H]1C[C@H](Cc2cnc[nH]2)Cc2ccccc21. The molecule has 17 heavy (non-hydrogen) atoms. The second-order valence-electron chi connectivity index (χ2n) is 5.19. The summed E-state index contributed by atoms with van der Waals surface area (Å²) in [5.41, 5.74) is 4.35. The van der Waals surface area contributed by atoms with Gasteiger partial charge in [-0.05, 0) is 42.2 Å². The highest BCUT2D eigenvalue weighted by molar-refractivity contribution is 5.32. The molecular formula is C15H18N2. The summed E-state index contributed by atoms with van der Waals surface area (Å²) in [5.74, 6) is 1.44. The van der Waals surface area contributed by atoms with Crippen LogP contribution in [0.3, 0.4) is 0 Å². The van der Waals surface area contributed by atoms with Crippen molar-refractivity contribution in [2.45, 2.75) is 32.1 Å². The summed E-state index contributed by atoms with van der Waals surface area (Å²) in [4.78, 5) is 7.31. The van der Waals surface area contributed by atoms with E-state index in [9.17, 15) is 0 Å². The smallest absolute Gasteiger partial charge is 0.0921 e. The Morgan fingerprint density at radius 3 is 3.06 bits per heavy atom. The summed E-state index contributed by atoms with van der Waals surface area (Å²) < 4.78 is 0. The van der Waals surface area contributed by atoms with Gasteiger partial charge < -0.3 is 4.98 Å². The highest BCUT2D eigenvalue weighted by Crippen LogP contribution is 2.35. The van der Waals surface area contributed by atoms with Gasteiger partial charge in [-0.3, -0.25) is 0 Å². The summed E-state index contributed by atoms with van der Waals surface area (Å²) in [6.07, 6.45) is 7.34. The maximum atomic E-state index is 4.10. The van der Waals surface area contributed by atoms with E-state index in [0.717, 1.165) is 12.3 Å². The Balaban J connectivity index is 1.79. The number of hydrogen-bond acceptors (Lipinski definition) is 1. The molecule has 0 aliphatic heterocycles. The van der Waals surface area contributed by atoms with Gasteiger partial charge in [0, 0.05) is 11.9 Å². The van der Waals surface area contributed by atoms with E-state index in [-0.39, 0.29) is 0 Å². The van der Waals surface area contributed by atoms with E-state index < -0.39 is 0 Å². The van der Waals surface area contributed by atoms with Crippen molar-refractivity contribution in [2.24, 2.45) is 5.92 Å². The number of imidazole rings is 1. The zero-order valence-corrected chi connectivity index (χ0v) is 10.2. The third-order valence-electron chi connectivity index (χ3n) is 3.84. The molecule has 2 heteroatoms. The van der Waals surface area contributed by atoms with Crippen LogP contribution in [0.2, 0.25) is 0 Å². The average molecular weight is 226 g/mol. The molecule has 0 saturated carbocycles. The number of fused-ring (bicyclic) bond motifs is 1. The van der Waals surface area contributed by atoms with Gasteiger partial charge in [0.05, 0.1) is 6.33 Å². The van der Waals surface area contributed by atoms with Gasteiger partial charge in [0.1, 0.15) is 0 Å². The second-order valence-corrected chi connectivity index (χ2v) is 5.19. The Morgan fingerprint density at radius 1 is 1.35 bits per heavy atom. The van der Waals surface area contributed by atoms with E-state index in [1.807, 2.05) is 6.20 Å². The molecular weight excluding hydrogens is 208 g/mol. The normalized spacial score (nSPS) is 23.4. The van der Waals surface area contributed by atoms with Crippen LogP contribution in [0.15, 0.2) is 36.8 Å². The van der Waals surface area contributed by atoms with Gasteiger partial charge in [-0.2, -0.15) is 0 Å². The molecule has 2 nitrogen and oxygen atoms in total. The fourth-order valence-corrected chi connectivity index (χ4v) is 3.08. The lowest BCUT2D eigenvalue weighted by molar-refractivity contribution is 0.411. The van der Waals surface area contributed by atoms with Crippen molar-refractivity contribution in [1.82, 2.24) is 9.97 Å². The molecule has 1 aliphatic carbocycles. The monoisotopic (exact) mass is 226 g/mol. The molecule has 1 aliphatic rings. The van der Waals surface area contributed by atoms with Crippen molar-refractivity contribution < 1.29 is 0 Å². The predicted octanol–water partition coefficient (Wildman–Crippen LogP) is 3.32. The van der Waals surface area contributed by atoms with Gasteiger partial charge in [0.2, 0.25) is 0 Å². The van der Waals surface area contributed by atoms with Crippen LogP contribution in [-0.2, 0) is 12.8 Å². The van der Waals surface area contributed by atoms with Crippen molar-refractivity contribution in [3.63, 3.8) is 0 Å². The zero-order chi connectivity index (χ0) is 11.7. The average Bonchev–Trinajstić information content (AvgIpc) is 2.82. The third-order valence-corrected chi connectivity index (χ3v) is 3.84. The molecule has 1 heterocycles. The molecule has 0 amide bonds. The van der Waals surface area contributed by atoms with Gasteiger partial charge >= 0.3 is 0 Å². The zero-order valence-electron chi connectivity index (χ0n) is 10.2. The molecule has 0 unspecified atom stereocenters. The Bertz CT molecular complexity index is 487. The van der Waals surface area contributed by atoms with E-state index in [1.54, 1.807) is 11.9 Å². The maximum Gasteiger partial charge on any atom is 0.0921 e. The summed E-state index contributed by atoms with van der Waals surface area (Å²) in [6.45, 7) is 2.35. The number of hydrogen-bond donors (Lipinski definition) is 1. The van der Waals surface area contributed by atoms with Crippen LogP contribution in [0.5, 0.6) is 0 Å². The molecule has 88 valence electrons. The lowest BCUT2D eigenvalue weighted by Crippen LogP contribution is -2.19. The van der Waals surface area contributed by atoms with Gasteiger partial charge in [0.25, 0.3) is 0 Å². The first-order chi connectivity index (χ1) is 8.33. The van der Waals surface area contributed by atoms with E-state index in [4.69, 9.17) is 0 Å². The molecule has 0 radical (unpaired) electrons. The molecule has 2 atom stereocenters. The number of aromatic nitrogens is 2. The van der Waals surface area contributed by atoms with Crippen LogP contribution in [0, 0.1) is 5.92 Å². The lowest BCUT2D eigenvalue weighted by Gasteiger charge is -2.29. The predicted molar refractivity (Wildman–Crippen MR) is 69.0 cm³/mol. The highest BCUT2D eigenvalue weighted by atomic mass is 14.9. The Kier molecular flexibility index (Phi) is 2.71. The van der Waals surface area contributed by atoms with E-state index in [0.29, 0.717) is 5.92 Å². The summed E-state index contributed by atoms with van der Waals surface area (Å²) in [6, 6.07) is 8.88. The third kappa shape index (κ3) is 2.12. The van der Waals surface area contributed by atoms with Crippen molar-refractivity contribution in [3.05, 3.63) is 53.6 Å². The fraction of sp³-hybridized carbons (Fsp3) is 0.400. The molecule has 1 aromatic carbocycles. The number of benzene rings is 1. The highest BCUT2D eigenvalue weighted by Gasteiger charge is 2.23. The molecule has 0 saturated heterocycles. The minimum absolute atomic E-state index is 0.688. The number of rotatable bonds is 2. The van der Waals surface area contributed by atoms with Gasteiger partial charge in [-0.25, -0.2) is 4.98 Å². The largest absolute Gasteiger partial charge is 0.348 e. The van der Waals surface area contributed by atoms with E-state index >= 15 is 0 Å². The quantitative estimate of drug-likeness (QED) is 0.836. The molecule has 1 N–H and O–H groups in total.